The predicted molar refractivity (Wildman–Crippen MR) is 85.9 cm³/mol. The van der Waals surface area contributed by atoms with Crippen molar-refractivity contribution in [1.82, 2.24) is 4.90 Å². The van der Waals surface area contributed by atoms with E-state index in [1.165, 1.54) is 13.1 Å². The molecule has 2 aromatic rings. The lowest BCUT2D eigenvalue weighted by Crippen LogP contribution is -2.24. The third kappa shape index (κ3) is 2.20. The number of carboxylic acids is 1. The molecule has 0 fully saturated rings. The van der Waals surface area contributed by atoms with E-state index in [-0.39, 0.29) is 23.3 Å². The SMILES string of the molecule is CC(C)Cc1cc2c(C(=O)O)cccc2c2c1C(=O)N(C)C2=O. The van der Waals surface area contributed by atoms with Crippen LogP contribution in [0.3, 0.4) is 0 Å². The Bertz CT molecular complexity index is 867. The van der Waals surface area contributed by atoms with Gasteiger partial charge in [0.15, 0.2) is 0 Å². The smallest absolute Gasteiger partial charge is 0.336 e. The van der Waals surface area contributed by atoms with Crippen LogP contribution >= 0.6 is 0 Å². The van der Waals surface area contributed by atoms with Crippen molar-refractivity contribution in [2.75, 3.05) is 7.05 Å². The van der Waals surface area contributed by atoms with Crippen molar-refractivity contribution in [3.63, 3.8) is 0 Å². The molecular weight excluding hydrogens is 294 g/mol. The second-order valence-corrected chi connectivity index (χ2v) is 6.26. The molecule has 0 bridgehead atoms. The highest BCUT2D eigenvalue weighted by molar-refractivity contribution is 6.28. The fourth-order valence-corrected chi connectivity index (χ4v) is 3.16. The number of rotatable bonds is 3. The van der Waals surface area contributed by atoms with E-state index < -0.39 is 5.97 Å². The summed E-state index contributed by atoms with van der Waals surface area (Å²) in [5.74, 6) is -1.45. The topological polar surface area (TPSA) is 74.7 Å². The zero-order chi connectivity index (χ0) is 16.9. The van der Waals surface area contributed by atoms with E-state index in [0.717, 1.165) is 10.5 Å². The summed E-state index contributed by atoms with van der Waals surface area (Å²) in [5, 5.41) is 10.4. The standard InChI is InChI=1S/C18H17NO4/c1-9(2)7-10-8-13-11(5-4-6-12(13)18(22)23)15-14(10)16(20)19(3)17(15)21/h4-6,8-9H,7H2,1-3H3,(H,22,23). The lowest BCUT2D eigenvalue weighted by atomic mass is 9.89. The number of carbonyl (C=O) groups is 3. The van der Waals surface area contributed by atoms with Crippen molar-refractivity contribution < 1.29 is 19.5 Å². The van der Waals surface area contributed by atoms with Crippen LogP contribution in [0, 0.1) is 5.92 Å². The lowest BCUT2D eigenvalue weighted by Gasteiger charge is -2.13. The number of hydrogen-bond donors (Lipinski definition) is 1. The van der Waals surface area contributed by atoms with Crippen molar-refractivity contribution in [2.45, 2.75) is 20.3 Å². The van der Waals surface area contributed by atoms with E-state index in [1.54, 1.807) is 18.2 Å². The molecule has 0 radical (unpaired) electrons. The number of fused-ring (bicyclic) bond motifs is 3. The molecule has 2 aromatic carbocycles. The average molecular weight is 311 g/mol. The third-order valence-electron chi connectivity index (χ3n) is 4.16. The van der Waals surface area contributed by atoms with Crippen molar-refractivity contribution in [2.24, 2.45) is 5.92 Å². The van der Waals surface area contributed by atoms with E-state index in [2.05, 4.69) is 0 Å². The molecule has 1 aliphatic heterocycles. The second kappa shape index (κ2) is 5.19. The van der Waals surface area contributed by atoms with Gasteiger partial charge in [0.05, 0.1) is 16.7 Å². The number of benzene rings is 2. The van der Waals surface area contributed by atoms with Crippen LogP contribution in [-0.4, -0.2) is 34.8 Å². The first kappa shape index (κ1) is 15.2. The largest absolute Gasteiger partial charge is 0.478 e. The van der Waals surface area contributed by atoms with Gasteiger partial charge >= 0.3 is 5.97 Å². The molecule has 1 aliphatic rings. The molecule has 3 rings (SSSR count). The molecule has 5 nitrogen and oxygen atoms in total. The Balaban J connectivity index is 2.44. The maximum Gasteiger partial charge on any atom is 0.336 e. The molecule has 23 heavy (non-hydrogen) atoms. The molecule has 0 unspecified atom stereocenters. The van der Waals surface area contributed by atoms with Crippen LogP contribution in [0.2, 0.25) is 0 Å². The Morgan fingerprint density at radius 3 is 2.39 bits per heavy atom. The van der Waals surface area contributed by atoms with Crippen molar-refractivity contribution in [1.29, 1.82) is 0 Å². The minimum absolute atomic E-state index is 0.144. The molecule has 1 N–H and O–H groups in total. The molecule has 1 heterocycles. The van der Waals surface area contributed by atoms with Gasteiger partial charge in [0.25, 0.3) is 11.8 Å². The van der Waals surface area contributed by atoms with Gasteiger partial charge in [0.2, 0.25) is 0 Å². The molecule has 0 spiro atoms. The number of amides is 2. The first-order valence-electron chi connectivity index (χ1n) is 7.47. The predicted octanol–water partition coefficient (Wildman–Crippen LogP) is 2.96. The molecule has 0 aromatic heterocycles. The summed E-state index contributed by atoms with van der Waals surface area (Å²) in [6, 6.07) is 6.57. The number of carboxylic acid groups (broad SMARTS) is 1. The van der Waals surface area contributed by atoms with E-state index in [1.807, 2.05) is 13.8 Å². The monoisotopic (exact) mass is 311 g/mol. The van der Waals surface area contributed by atoms with Crippen LogP contribution in [0.5, 0.6) is 0 Å². The fraction of sp³-hybridized carbons (Fsp3) is 0.278. The maximum absolute atomic E-state index is 12.5. The third-order valence-corrected chi connectivity index (χ3v) is 4.16. The minimum atomic E-state index is -1.05. The Kier molecular flexibility index (Phi) is 3.43. The highest BCUT2D eigenvalue weighted by Crippen LogP contribution is 2.35. The summed E-state index contributed by atoms with van der Waals surface area (Å²) in [6.45, 7) is 4.04. The number of imide groups is 1. The quantitative estimate of drug-likeness (QED) is 0.884. The zero-order valence-corrected chi connectivity index (χ0v) is 13.2. The lowest BCUT2D eigenvalue weighted by molar-refractivity contribution is 0.0682. The van der Waals surface area contributed by atoms with Crippen LogP contribution in [0.4, 0.5) is 0 Å². The Hall–Kier alpha value is -2.69. The van der Waals surface area contributed by atoms with E-state index in [9.17, 15) is 19.5 Å². The molecule has 0 saturated carbocycles. The Labute approximate surface area is 133 Å². The molecule has 0 atom stereocenters. The molecular formula is C18H17NO4. The van der Waals surface area contributed by atoms with Crippen molar-refractivity contribution in [3.8, 4) is 0 Å². The Morgan fingerprint density at radius 1 is 1.13 bits per heavy atom. The summed E-state index contributed by atoms with van der Waals surface area (Å²) in [5.41, 5.74) is 1.62. The van der Waals surface area contributed by atoms with Gasteiger partial charge in [-0.05, 0) is 40.8 Å². The minimum Gasteiger partial charge on any atom is -0.478 e. The second-order valence-electron chi connectivity index (χ2n) is 6.26. The summed E-state index contributed by atoms with van der Waals surface area (Å²) in [4.78, 5) is 37.6. The van der Waals surface area contributed by atoms with Crippen LogP contribution < -0.4 is 0 Å². The highest BCUT2D eigenvalue weighted by atomic mass is 16.4. The Morgan fingerprint density at radius 2 is 1.78 bits per heavy atom. The van der Waals surface area contributed by atoms with Crippen LogP contribution in [0.15, 0.2) is 24.3 Å². The van der Waals surface area contributed by atoms with E-state index in [0.29, 0.717) is 28.3 Å². The number of nitrogens with zero attached hydrogens (tertiary/aromatic N) is 1. The van der Waals surface area contributed by atoms with Gasteiger partial charge in [0, 0.05) is 7.05 Å². The van der Waals surface area contributed by atoms with Gasteiger partial charge in [-0.1, -0.05) is 26.0 Å². The van der Waals surface area contributed by atoms with E-state index >= 15 is 0 Å². The van der Waals surface area contributed by atoms with Gasteiger partial charge in [-0.2, -0.15) is 0 Å². The molecule has 0 aliphatic carbocycles. The first-order valence-corrected chi connectivity index (χ1v) is 7.47. The van der Waals surface area contributed by atoms with Crippen LogP contribution in [0.1, 0.15) is 50.5 Å². The van der Waals surface area contributed by atoms with Gasteiger partial charge in [-0.3, -0.25) is 14.5 Å². The van der Waals surface area contributed by atoms with Crippen LogP contribution in [0.25, 0.3) is 10.8 Å². The first-order chi connectivity index (χ1) is 10.8. The summed E-state index contributed by atoms with van der Waals surface area (Å²) in [7, 11) is 1.46. The molecule has 2 amide bonds. The van der Waals surface area contributed by atoms with Crippen molar-refractivity contribution in [3.05, 3.63) is 46.5 Å². The number of carbonyl (C=O) groups excluding carboxylic acids is 2. The maximum atomic E-state index is 12.5. The highest BCUT2D eigenvalue weighted by Gasteiger charge is 2.37. The summed E-state index contributed by atoms with van der Waals surface area (Å²) >= 11 is 0. The van der Waals surface area contributed by atoms with Gasteiger partial charge in [0.1, 0.15) is 0 Å². The fourth-order valence-electron chi connectivity index (χ4n) is 3.16. The average Bonchev–Trinajstić information content (AvgIpc) is 2.71. The summed E-state index contributed by atoms with van der Waals surface area (Å²) < 4.78 is 0. The van der Waals surface area contributed by atoms with Gasteiger partial charge in [-0.15, -0.1) is 0 Å². The number of aromatic carboxylic acids is 1. The van der Waals surface area contributed by atoms with E-state index in [4.69, 9.17) is 0 Å². The normalized spacial score (nSPS) is 14.0. The summed E-state index contributed by atoms with van der Waals surface area (Å²) in [6.07, 6.45) is 0.610. The molecule has 118 valence electrons. The molecule has 0 saturated heterocycles. The number of hydrogen-bond acceptors (Lipinski definition) is 3. The zero-order valence-electron chi connectivity index (χ0n) is 13.2. The molecule has 5 heteroatoms. The van der Waals surface area contributed by atoms with Gasteiger partial charge in [-0.25, -0.2) is 4.79 Å². The van der Waals surface area contributed by atoms with Gasteiger partial charge < -0.3 is 5.11 Å². The van der Waals surface area contributed by atoms with Crippen molar-refractivity contribution >= 4 is 28.6 Å². The van der Waals surface area contributed by atoms with Crippen LogP contribution in [-0.2, 0) is 6.42 Å².